The normalized spacial score (nSPS) is 18.7. The highest BCUT2D eigenvalue weighted by Crippen LogP contribution is 2.31. The summed E-state index contributed by atoms with van der Waals surface area (Å²) < 4.78 is 0. The standard InChI is InChI=1S/C13H16.CH4N2O/c1-10-4-3-5-12(8-10)13-7-6-11(2)9-13;2-1-3-4/h3-5,8-9,11H,6-7H2,1-2H3;1,4H,(H2,2,3). The van der Waals surface area contributed by atoms with Crippen molar-refractivity contribution in [3.8, 4) is 0 Å². The maximum atomic E-state index is 7.32. The third-order valence-electron chi connectivity index (χ3n) is 2.81. The predicted molar refractivity (Wildman–Crippen MR) is 72.0 cm³/mol. The van der Waals surface area contributed by atoms with E-state index in [4.69, 9.17) is 5.21 Å². The Morgan fingerprint density at radius 3 is 2.65 bits per heavy atom. The van der Waals surface area contributed by atoms with Gasteiger partial charge in [0.2, 0.25) is 0 Å². The quantitative estimate of drug-likeness (QED) is 0.338. The maximum absolute atomic E-state index is 7.32. The second-order valence-corrected chi connectivity index (χ2v) is 4.34. The van der Waals surface area contributed by atoms with E-state index < -0.39 is 0 Å². The Morgan fingerprint density at radius 1 is 1.47 bits per heavy atom. The highest BCUT2D eigenvalue weighted by atomic mass is 16.4. The summed E-state index contributed by atoms with van der Waals surface area (Å²) in [6.45, 7) is 4.45. The highest BCUT2D eigenvalue weighted by molar-refractivity contribution is 5.67. The summed E-state index contributed by atoms with van der Waals surface area (Å²) in [5, 5.41) is 9.71. The van der Waals surface area contributed by atoms with Crippen LogP contribution in [-0.4, -0.2) is 11.5 Å². The molecule has 92 valence electrons. The summed E-state index contributed by atoms with van der Waals surface area (Å²) >= 11 is 0. The van der Waals surface area contributed by atoms with E-state index in [1.54, 1.807) is 0 Å². The van der Waals surface area contributed by atoms with Crippen LogP contribution in [0.1, 0.15) is 30.9 Å². The summed E-state index contributed by atoms with van der Waals surface area (Å²) in [4.78, 5) is 0. The van der Waals surface area contributed by atoms with Gasteiger partial charge >= 0.3 is 0 Å². The van der Waals surface area contributed by atoms with Crippen LogP contribution in [0.4, 0.5) is 0 Å². The Kier molecular flexibility index (Phi) is 5.27. The van der Waals surface area contributed by atoms with E-state index in [2.05, 4.69) is 55.1 Å². The fraction of sp³-hybridized carbons (Fsp3) is 0.357. The van der Waals surface area contributed by atoms with Crippen LogP contribution in [0.2, 0.25) is 0 Å². The number of nitrogens with zero attached hydrogens (tertiary/aromatic N) is 1. The third kappa shape index (κ3) is 4.31. The van der Waals surface area contributed by atoms with Gasteiger partial charge in [0, 0.05) is 0 Å². The Balaban J connectivity index is 0.000000317. The Morgan fingerprint density at radius 2 is 2.18 bits per heavy atom. The topological polar surface area (TPSA) is 58.6 Å². The first-order valence-corrected chi connectivity index (χ1v) is 5.82. The number of nitrogens with two attached hydrogens (primary N) is 1. The van der Waals surface area contributed by atoms with E-state index in [0.717, 1.165) is 12.3 Å². The van der Waals surface area contributed by atoms with Crippen molar-refractivity contribution in [2.75, 3.05) is 0 Å². The molecule has 3 heteroatoms. The van der Waals surface area contributed by atoms with Crippen LogP contribution in [0.25, 0.3) is 5.57 Å². The predicted octanol–water partition coefficient (Wildman–Crippen LogP) is 3.17. The molecule has 0 spiro atoms. The molecule has 0 radical (unpaired) electrons. The lowest BCUT2D eigenvalue weighted by atomic mass is 10.0. The van der Waals surface area contributed by atoms with Gasteiger partial charge < -0.3 is 10.9 Å². The second-order valence-electron chi connectivity index (χ2n) is 4.34. The van der Waals surface area contributed by atoms with Crippen molar-refractivity contribution in [2.24, 2.45) is 16.8 Å². The number of aryl methyl sites for hydroxylation is 1. The van der Waals surface area contributed by atoms with Gasteiger partial charge in [-0.1, -0.05) is 48.0 Å². The molecular formula is C14H20N2O. The van der Waals surface area contributed by atoms with Crippen molar-refractivity contribution in [1.29, 1.82) is 0 Å². The Labute approximate surface area is 103 Å². The van der Waals surface area contributed by atoms with Crippen LogP contribution in [-0.2, 0) is 0 Å². The van der Waals surface area contributed by atoms with E-state index >= 15 is 0 Å². The van der Waals surface area contributed by atoms with Crippen molar-refractivity contribution in [3.05, 3.63) is 41.5 Å². The average molecular weight is 232 g/mol. The van der Waals surface area contributed by atoms with E-state index in [0.29, 0.717) is 0 Å². The fourth-order valence-electron chi connectivity index (χ4n) is 1.98. The molecule has 0 aliphatic heterocycles. The molecule has 17 heavy (non-hydrogen) atoms. The first-order chi connectivity index (χ1) is 8.17. The van der Waals surface area contributed by atoms with Gasteiger partial charge in [-0.05, 0) is 36.8 Å². The van der Waals surface area contributed by atoms with Crippen LogP contribution < -0.4 is 5.73 Å². The van der Waals surface area contributed by atoms with E-state index in [1.165, 1.54) is 29.5 Å². The zero-order chi connectivity index (χ0) is 12.7. The molecule has 1 aliphatic rings. The molecule has 1 aromatic carbocycles. The lowest BCUT2D eigenvalue weighted by molar-refractivity contribution is 0.321. The van der Waals surface area contributed by atoms with Crippen LogP contribution in [0.5, 0.6) is 0 Å². The molecule has 0 fully saturated rings. The lowest BCUT2D eigenvalue weighted by Gasteiger charge is -2.02. The van der Waals surface area contributed by atoms with Crippen LogP contribution >= 0.6 is 0 Å². The minimum atomic E-state index is 0.774. The molecule has 1 aromatic rings. The first kappa shape index (κ1) is 13.3. The average Bonchev–Trinajstić information content (AvgIpc) is 2.76. The summed E-state index contributed by atoms with van der Waals surface area (Å²) in [5.41, 5.74) is 8.80. The highest BCUT2D eigenvalue weighted by Gasteiger charge is 2.12. The van der Waals surface area contributed by atoms with Crippen molar-refractivity contribution in [1.82, 2.24) is 0 Å². The zero-order valence-electron chi connectivity index (χ0n) is 10.4. The van der Waals surface area contributed by atoms with Crippen molar-refractivity contribution >= 4 is 11.9 Å². The number of oxime groups is 1. The summed E-state index contributed by atoms with van der Waals surface area (Å²) in [5.74, 6) is 0.774. The molecule has 1 unspecified atom stereocenters. The van der Waals surface area contributed by atoms with Crippen molar-refractivity contribution in [3.63, 3.8) is 0 Å². The van der Waals surface area contributed by atoms with E-state index in [1.807, 2.05) is 0 Å². The largest absolute Gasteiger partial charge is 0.410 e. The molecule has 0 bridgehead atoms. The van der Waals surface area contributed by atoms with Gasteiger partial charge in [0.15, 0.2) is 0 Å². The lowest BCUT2D eigenvalue weighted by Crippen LogP contribution is -1.85. The summed E-state index contributed by atoms with van der Waals surface area (Å²) in [6.07, 6.45) is 5.79. The number of hydrogen-bond donors (Lipinski definition) is 2. The second kappa shape index (κ2) is 6.74. The molecular weight excluding hydrogens is 212 g/mol. The van der Waals surface area contributed by atoms with Gasteiger partial charge in [0.25, 0.3) is 0 Å². The van der Waals surface area contributed by atoms with Gasteiger partial charge in [-0.2, -0.15) is 0 Å². The number of hydrogen-bond acceptors (Lipinski definition) is 2. The zero-order valence-corrected chi connectivity index (χ0v) is 10.4. The Hall–Kier alpha value is -1.77. The minimum absolute atomic E-state index is 0.774. The number of allylic oxidation sites excluding steroid dienone is 2. The van der Waals surface area contributed by atoms with Gasteiger partial charge in [0.1, 0.15) is 6.34 Å². The molecule has 0 aromatic heterocycles. The molecule has 1 aliphatic carbocycles. The summed E-state index contributed by atoms with van der Waals surface area (Å²) in [6, 6.07) is 8.80. The monoisotopic (exact) mass is 232 g/mol. The Bertz CT molecular complexity index is 406. The van der Waals surface area contributed by atoms with Crippen molar-refractivity contribution < 1.29 is 5.21 Å². The fourth-order valence-corrected chi connectivity index (χ4v) is 1.98. The number of benzene rings is 1. The third-order valence-corrected chi connectivity index (χ3v) is 2.81. The minimum Gasteiger partial charge on any atom is -0.410 e. The molecule has 0 amide bonds. The van der Waals surface area contributed by atoms with E-state index in [-0.39, 0.29) is 0 Å². The van der Waals surface area contributed by atoms with Crippen LogP contribution in [0.3, 0.4) is 0 Å². The van der Waals surface area contributed by atoms with Crippen LogP contribution in [0.15, 0.2) is 35.5 Å². The molecule has 0 heterocycles. The van der Waals surface area contributed by atoms with Gasteiger partial charge in [-0.3, -0.25) is 0 Å². The molecule has 1 atom stereocenters. The summed E-state index contributed by atoms with van der Waals surface area (Å²) in [7, 11) is 0. The van der Waals surface area contributed by atoms with Gasteiger partial charge in [-0.25, -0.2) is 0 Å². The molecule has 3 N–H and O–H groups in total. The van der Waals surface area contributed by atoms with E-state index in [9.17, 15) is 0 Å². The number of rotatable bonds is 1. The first-order valence-electron chi connectivity index (χ1n) is 5.82. The molecule has 0 saturated carbocycles. The SMILES string of the molecule is Cc1cccc(C2=CC(C)CC2)c1.N/C=N\O. The van der Waals surface area contributed by atoms with Gasteiger partial charge in [0.05, 0.1) is 0 Å². The van der Waals surface area contributed by atoms with Gasteiger partial charge in [-0.15, -0.1) is 0 Å². The smallest absolute Gasteiger partial charge is 0.125 e. The maximum Gasteiger partial charge on any atom is 0.125 e. The molecule has 0 saturated heterocycles. The van der Waals surface area contributed by atoms with Crippen LogP contribution in [0, 0.1) is 12.8 Å². The van der Waals surface area contributed by atoms with Crippen molar-refractivity contribution in [2.45, 2.75) is 26.7 Å². The molecule has 2 rings (SSSR count). The molecule has 3 nitrogen and oxygen atoms in total.